The van der Waals surface area contributed by atoms with Crippen molar-refractivity contribution in [2.75, 3.05) is 44.2 Å². The fraction of sp³-hybridized carbons (Fsp3) is 0.583. The maximum atomic E-state index is 13.2. The summed E-state index contributed by atoms with van der Waals surface area (Å²) in [6.45, 7) is 15.5. The molecule has 0 N–H and O–H groups in total. The molecule has 1 amide bonds. The van der Waals surface area contributed by atoms with Gasteiger partial charge in [0.05, 0.1) is 4.91 Å². The van der Waals surface area contributed by atoms with Crippen LogP contribution >= 0.6 is 24.0 Å². The second-order valence-corrected chi connectivity index (χ2v) is 10.5. The number of carbonyl (C=O) groups excluding carboxylic acids is 1. The van der Waals surface area contributed by atoms with E-state index in [1.165, 1.54) is 11.8 Å². The van der Waals surface area contributed by atoms with E-state index in [1.807, 2.05) is 13.0 Å². The third kappa shape index (κ3) is 5.18. The Labute approximate surface area is 206 Å². The molecule has 0 atom stereocenters. The molecule has 3 rings (SSSR count). The molecule has 0 radical (unpaired) electrons. The number of aromatic nitrogens is 1. The molecule has 0 aliphatic carbocycles. The lowest BCUT2D eigenvalue weighted by molar-refractivity contribution is -0.122. The van der Waals surface area contributed by atoms with Gasteiger partial charge in [0.25, 0.3) is 11.5 Å². The van der Waals surface area contributed by atoms with Crippen LogP contribution in [0.15, 0.2) is 9.70 Å². The maximum absolute atomic E-state index is 13.2. The summed E-state index contributed by atoms with van der Waals surface area (Å²) < 4.78 is 2.24. The predicted octanol–water partition coefficient (Wildman–Crippen LogP) is 3.44. The molecule has 0 aromatic carbocycles. The van der Waals surface area contributed by atoms with Gasteiger partial charge in [-0.3, -0.25) is 19.1 Å². The first-order valence-electron chi connectivity index (χ1n) is 11.6. The van der Waals surface area contributed by atoms with E-state index < -0.39 is 0 Å². The second kappa shape index (κ2) is 10.9. The highest BCUT2D eigenvalue weighted by molar-refractivity contribution is 8.26. The van der Waals surface area contributed by atoms with E-state index in [2.05, 4.69) is 36.6 Å². The third-order valence-corrected chi connectivity index (χ3v) is 7.74. The van der Waals surface area contributed by atoms with Gasteiger partial charge in [-0.05, 0) is 44.4 Å². The van der Waals surface area contributed by atoms with E-state index in [4.69, 9.17) is 12.2 Å². The number of thioether (sulfide) groups is 1. The fourth-order valence-corrected chi connectivity index (χ4v) is 5.56. The Morgan fingerprint density at radius 2 is 1.82 bits per heavy atom. The van der Waals surface area contributed by atoms with Crippen LogP contribution in [0.3, 0.4) is 0 Å². The van der Waals surface area contributed by atoms with Gasteiger partial charge in [0, 0.05) is 44.8 Å². The lowest BCUT2D eigenvalue weighted by Crippen LogP contribution is -2.48. The molecular formula is C24H33N5O2S2. The van der Waals surface area contributed by atoms with Gasteiger partial charge in [0.1, 0.15) is 21.8 Å². The number of pyridine rings is 1. The van der Waals surface area contributed by atoms with Crippen molar-refractivity contribution in [2.45, 2.75) is 47.6 Å². The predicted molar refractivity (Wildman–Crippen MR) is 139 cm³/mol. The second-order valence-electron chi connectivity index (χ2n) is 8.84. The molecular weight excluding hydrogens is 454 g/mol. The number of anilines is 1. The molecule has 1 aromatic heterocycles. The lowest BCUT2D eigenvalue weighted by Gasteiger charge is -2.37. The first-order chi connectivity index (χ1) is 15.7. The van der Waals surface area contributed by atoms with Crippen LogP contribution in [0.25, 0.3) is 6.08 Å². The topological polar surface area (TPSA) is 72.6 Å². The Morgan fingerprint density at radius 1 is 1.15 bits per heavy atom. The number of likely N-dealkylation sites (N-methyl/N-ethyl adjacent to an activating group) is 1. The molecule has 7 nitrogen and oxygen atoms in total. The molecule has 1 aromatic rings. The summed E-state index contributed by atoms with van der Waals surface area (Å²) in [5.74, 6) is 1.17. The first kappa shape index (κ1) is 25.5. The van der Waals surface area contributed by atoms with Gasteiger partial charge in [-0.25, -0.2) is 0 Å². The summed E-state index contributed by atoms with van der Waals surface area (Å²) in [4.78, 5) is 33.1. The van der Waals surface area contributed by atoms with Crippen LogP contribution < -0.4 is 10.5 Å². The van der Waals surface area contributed by atoms with Crippen molar-refractivity contribution in [3.8, 4) is 6.07 Å². The van der Waals surface area contributed by atoms with E-state index in [-0.39, 0.29) is 17.0 Å². The highest BCUT2D eigenvalue weighted by atomic mass is 32.2. The molecule has 2 aliphatic heterocycles. The number of hydrogen-bond acceptors (Lipinski definition) is 7. The van der Waals surface area contributed by atoms with Crippen LogP contribution in [0.1, 0.15) is 50.8 Å². The minimum Gasteiger partial charge on any atom is -0.355 e. The number of amides is 1. The van der Waals surface area contributed by atoms with Gasteiger partial charge >= 0.3 is 0 Å². The maximum Gasteiger partial charge on any atom is 0.270 e. The molecule has 33 heavy (non-hydrogen) atoms. The van der Waals surface area contributed by atoms with E-state index in [0.717, 1.165) is 50.5 Å². The fourth-order valence-electron chi connectivity index (χ4n) is 4.27. The Balaban J connectivity index is 2.11. The molecule has 0 saturated carbocycles. The van der Waals surface area contributed by atoms with Crippen LogP contribution in [0.2, 0.25) is 0 Å². The average molecular weight is 488 g/mol. The number of piperazine rings is 1. The van der Waals surface area contributed by atoms with Gasteiger partial charge in [-0.1, -0.05) is 44.8 Å². The van der Waals surface area contributed by atoms with Gasteiger partial charge in [0.2, 0.25) is 0 Å². The lowest BCUT2D eigenvalue weighted by atomic mass is 10.0. The Bertz CT molecular complexity index is 1060. The Morgan fingerprint density at radius 3 is 2.36 bits per heavy atom. The van der Waals surface area contributed by atoms with Gasteiger partial charge in [-0.15, -0.1) is 0 Å². The summed E-state index contributed by atoms with van der Waals surface area (Å²) in [7, 11) is 0. The number of rotatable bonds is 7. The van der Waals surface area contributed by atoms with Gasteiger partial charge < -0.3 is 9.80 Å². The zero-order valence-electron chi connectivity index (χ0n) is 20.2. The quantitative estimate of drug-likeness (QED) is 0.431. The third-order valence-electron chi connectivity index (χ3n) is 6.36. The van der Waals surface area contributed by atoms with Crippen LogP contribution in [-0.4, -0.2) is 63.9 Å². The van der Waals surface area contributed by atoms with Crippen molar-refractivity contribution in [2.24, 2.45) is 5.92 Å². The number of hydrogen-bond donors (Lipinski definition) is 0. The molecule has 0 bridgehead atoms. The van der Waals surface area contributed by atoms with E-state index in [0.29, 0.717) is 33.8 Å². The molecule has 3 heterocycles. The summed E-state index contributed by atoms with van der Waals surface area (Å²) in [6.07, 6.45) is 2.73. The largest absolute Gasteiger partial charge is 0.355 e. The molecule has 2 saturated heterocycles. The molecule has 0 spiro atoms. The number of carbonyl (C=O) groups is 1. The monoisotopic (exact) mass is 487 g/mol. The average Bonchev–Trinajstić information content (AvgIpc) is 3.06. The van der Waals surface area contributed by atoms with E-state index in [1.54, 1.807) is 16.4 Å². The number of nitrogens with zero attached hydrogens (tertiary/aromatic N) is 5. The van der Waals surface area contributed by atoms with Crippen LogP contribution in [-0.2, 0) is 11.3 Å². The molecule has 9 heteroatoms. The van der Waals surface area contributed by atoms with Crippen LogP contribution in [0.5, 0.6) is 0 Å². The SMILES string of the molecule is CCN1CCN(c2c(/C=C3\SC(=S)N(CCC(C)C)C3=O)c(C)c(C#N)c(=O)n2CC)CC1. The standard InChI is InChI=1S/C24H33N5O2S2/c1-6-26-10-12-27(13-11-26)21-18(17(5)19(15-25)22(30)28(21)7-2)14-20-23(31)29(24(32)33-20)9-8-16(3)4/h14,16H,6-13H2,1-5H3/b20-14-. The summed E-state index contributed by atoms with van der Waals surface area (Å²) in [5.41, 5.74) is 1.25. The van der Waals surface area contributed by atoms with E-state index in [9.17, 15) is 14.9 Å². The molecule has 2 fully saturated rings. The minimum absolute atomic E-state index is 0.0976. The molecule has 0 unspecified atom stereocenters. The smallest absolute Gasteiger partial charge is 0.270 e. The summed E-state index contributed by atoms with van der Waals surface area (Å²) in [5, 5.41) is 9.72. The van der Waals surface area contributed by atoms with Crippen LogP contribution in [0.4, 0.5) is 5.82 Å². The van der Waals surface area contributed by atoms with Gasteiger partial charge in [-0.2, -0.15) is 5.26 Å². The Kier molecular flexibility index (Phi) is 8.38. The zero-order valence-corrected chi connectivity index (χ0v) is 21.8. The molecule has 2 aliphatic rings. The van der Waals surface area contributed by atoms with Crippen molar-refractivity contribution >= 4 is 46.1 Å². The Hall–Kier alpha value is -2.15. The summed E-state index contributed by atoms with van der Waals surface area (Å²) >= 11 is 6.80. The van der Waals surface area contributed by atoms with Crippen molar-refractivity contribution in [3.05, 3.63) is 31.9 Å². The van der Waals surface area contributed by atoms with Crippen molar-refractivity contribution in [1.29, 1.82) is 5.26 Å². The van der Waals surface area contributed by atoms with E-state index >= 15 is 0 Å². The normalized spacial score (nSPS) is 18.6. The van der Waals surface area contributed by atoms with Crippen molar-refractivity contribution in [1.82, 2.24) is 14.4 Å². The first-order valence-corrected chi connectivity index (χ1v) is 12.9. The zero-order chi connectivity index (χ0) is 24.3. The van der Waals surface area contributed by atoms with Gasteiger partial charge in [0.15, 0.2) is 0 Å². The van der Waals surface area contributed by atoms with Crippen molar-refractivity contribution < 1.29 is 4.79 Å². The number of thiocarbonyl (C=S) groups is 1. The highest BCUT2D eigenvalue weighted by Gasteiger charge is 2.33. The summed E-state index contributed by atoms with van der Waals surface area (Å²) in [6, 6.07) is 2.09. The van der Waals surface area contributed by atoms with Crippen LogP contribution in [0, 0.1) is 24.2 Å². The number of nitriles is 1. The highest BCUT2D eigenvalue weighted by Crippen LogP contribution is 2.36. The molecule has 178 valence electrons. The van der Waals surface area contributed by atoms with Crippen molar-refractivity contribution in [3.63, 3.8) is 0 Å². The minimum atomic E-state index is -0.271.